The van der Waals surface area contributed by atoms with Crippen LogP contribution < -0.4 is 22.1 Å². The van der Waals surface area contributed by atoms with E-state index in [1.165, 1.54) is 0 Å². The van der Waals surface area contributed by atoms with Crippen molar-refractivity contribution in [2.24, 2.45) is 11.5 Å². The van der Waals surface area contributed by atoms with Crippen LogP contribution in [0.25, 0.3) is 0 Å². The third kappa shape index (κ3) is 6.92. The van der Waals surface area contributed by atoms with Crippen LogP contribution in [0.1, 0.15) is 26.7 Å². The molecule has 0 aliphatic heterocycles. The lowest BCUT2D eigenvalue weighted by Crippen LogP contribution is -2.43. The number of allylic oxidation sites excluding steroid dienone is 1. The lowest BCUT2D eigenvalue weighted by Gasteiger charge is -2.15. The van der Waals surface area contributed by atoms with Gasteiger partial charge in [0.15, 0.2) is 0 Å². The minimum atomic E-state index is -1.16. The van der Waals surface area contributed by atoms with E-state index in [0.29, 0.717) is 12.0 Å². The zero-order valence-electron chi connectivity index (χ0n) is 11.0. The number of amides is 3. The van der Waals surface area contributed by atoms with Crippen molar-refractivity contribution in [2.45, 2.75) is 32.7 Å². The Morgan fingerprint density at radius 2 is 1.79 bits per heavy atom. The Labute approximate surface area is 111 Å². The van der Waals surface area contributed by atoms with Gasteiger partial charge in [-0.1, -0.05) is 0 Å². The Balaban J connectivity index is 4.35. The summed E-state index contributed by atoms with van der Waals surface area (Å²) in [5, 5.41) is 13.6. The van der Waals surface area contributed by atoms with Crippen molar-refractivity contribution in [3.63, 3.8) is 0 Å². The Morgan fingerprint density at radius 1 is 1.21 bits per heavy atom. The number of carboxylic acid groups (broad SMARTS) is 1. The van der Waals surface area contributed by atoms with E-state index in [4.69, 9.17) is 16.6 Å². The highest BCUT2D eigenvalue weighted by molar-refractivity contribution is 5.95. The molecular weight excluding hydrogens is 252 g/mol. The number of hydrogen-bond acceptors (Lipinski definition) is 4. The van der Waals surface area contributed by atoms with Gasteiger partial charge in [0.05, 0.1) is 5.70 Å². The first-order chi connectivity index (χ1) is 8.75. The van der Waals surface area contributed by atoms with E-state index in [1.807, 2.05) is 0 Å². The third-order valence-electron chi connectivity index (χ3n) is 2.36. The van der Waals surface area contributed by atoms with Gasteiger partial charge in [-0.15, -0.1) is 0 Å². The minimum Gasteiger partial charge on any atom is -0.480 e. The van der Waals surface area contributed by atoms with Crippen LogP contribution in [0, 0.1) is 0 Å². The summed E-state index contributed by atoms with van der Waals surface area (Å²) in [4.78, 5) is 33.0. The molecule has 0 spiro atoms. The molecule has 0 saturated carbocycles. The first-order valence-corrected chi connectivity index (χ1v) is 5.75. The van der Waals surface area contributed by atoms with Crippen LogP contribution in [0.5, 0.6) is 0 Å². The second-order valence-electron chi connectivity index (χ2n) is 4.21. The quantitative estimate of drug-likeness (QED) is 0.306. The molecule has 1 atom stereocenters. The van der Waals surface area contributed by atoms with Crippen LogP contribution >= 0.6 is 0 Å². The molecule has 0 fully saturated rings. The Morgan fingerprint density at radius 3 is 2.21 bits per heavy atom. The lowest BCUT2D eigenvalue weighted by molar-refractivity contribution is -0.141. The van der Waals surface area contributed by atoms with Crippen molar-refractivity contribution in [1.82, 2.24) is 10.6 Å². The second kappa shape index (κ2) is 7.96. The molecule has 0 aliphatic rings. The van der Waals surface area contributed by atoms with E-state index in [2.05, 4.69) is 10.6 Å². The van der Waals surface area contributed by atoms with Crippen LogP contribution in [0.3, 0.4) is 0 Å². The number of rotatable bonds is 7. The van der Waals surface area contributed by atoms with Gasteiger partial charge in [-0.3, -0.25) is 4.79 Å². The summed E-state index contributed by atoms with van der Waals surface area (Å²) >= 11 is 0. The van der Waals surface area contributed by atoms with Gasteiger partial charge in [0.2, 0.25) is 0 Å². The Bertz CT molecular complexity index is 388. The lowest BCUT2D eigenvalue weighted by atomic mass is 10.1. The fourth-order valence-electron chi connectivity index (χ4n) is 1.24. The van der Waals surface area contributed by atoms with Gasteiger partial charge in [0.1, 0.15) is 6.04 Å². The second-order valence-corrected chi connectivity index (χ2v) is 4.21. The van der Waals surface area contributed by atoms with Crippen molar-refractivity contribution in [2.75, 3.05) is 6.54 Å². The number of nitrogens with two attached hydrogens (primary N) is 2. The summed E-state index contributed by atoms with van der Waals surface area (Å²) in [6.07, 6.45) is 0.534. The van der Waals surface area contributed by atoms with E-state index < -0.39 is 23.9 Å². The molecule has 0 aliphatic carbocycles. The number of carbonyl (C=O) groups is 3. The first-order valence-electron chi connectivity index (χ1n) is 5.75. The normalized spacial score (nSPS) is 11.3. The molecule has 0 bridgehead atoms. The molecule has 0 aromatic carbocycles. The molecule has 0 aromatic heterocycles. The van der Waals surface area contributed by atoms with E-state index >= 15 is 0 Å². The maximum absolute atomic E-state index is 11.6. The maximum Gasteiger partial charge on any atom is 0.326 e. The predicted octanol–water partition coefficient (Wildman–Crippen LogP) is -0.743. The molecule has 0 aromatic rings. The smallest absolute Gasteiger partial charge is 0.326 e. The standard InChI is InChI=1S/C11H20N4O4/c1-6(2)8(12)9(16)15-7(10(17)18)4-3-5-14-11(13)19/h7H,3-5,12H2,1-2H3,(H,15,16)(H,17,18)(H3,13,14,19)/t7-/m0/s1. The summed E-state index contributed by atoms with van der Waals surface area (Å²) < 4.78 is 0. The number of aliphatic carboxylic acids is 1. The third-order valence-corrected chi connectivity index (χ3v) is 2.36. The maximum atomic E-state index is 11.6. The molecule has 0 rings (SSSR count). The fraction of sp³-hybridized carbons (Fsp3) is 0.545. The van der Waals surface area contributed by atoms with Crippen LogP contribution in [-0.2, 0) is 9.59 Å². The number of hydrogen-bond donors (Lipinski definition) is 5. The largest absolute Gasteiger partial charge is 0.480 e. The topological polar surface area (TPSA) is 148 Å². The van der Waals surface area contributed by atoms with Crippen molar-refractivity contribution >= 4 is 17.9 Å². The average molecular weight is 272 g/mol. The SMILES string of the molecule is CC(C)=C(N)C(=O)N[C@@H](CCCNC(N)=O)C(=O)O. The molecular formula is C11H20N4O4. The van der Waals surface area contributed by atoms with Crippen molar-refractivity contribution in [3.05, 3.63) is 11.3 Å². The molecule has 19 heavy (non-hydrogen) atoms. The molecule has 0 radical (unpaired) electrons. The fourth-order valence-corrected chi connectivity index (χ4v) is 1.24. The first kappa shape index (κ1) is 16.8. The van der Waals surface area contributed by atoms with Gasteiger partial charge >= 0.3 is 12.0 Å². The number of primary amides is 1. The van der Waals surface area contributed by atoms with Crippen LogP contribution in [0.15, 0.2) is 11.3 Å². The number of urea groups is 1. The van der Waals surface area contributed by atoms with Gasteiger partial charge < -0.3 is 27.2 Å². The van der Waals surface area contributed by atoms with Crippen molar-refractivity contribution in [3.8, 4) is 0 Å². The molecule has 108 valence electrons. The summed E-state index contributed by atoms with van der Waals surface area (Å²) in [5.74, 6) is -1.77. The molecule has 0 unspecified atom stereocenters. The number of carbonyl (C=O) groups excluding carboxylic acids is 2. The van der Waals surface area contributed by atoms with E-state index in [1.54, 1.807) is 13.8 Å². The monoisotopic (exact) mass is 272 g/mol. The molecule has 3 amide bonds. The van der Waals surface area contributed by atoms with Gasteiger partial charge in [-0.2, -0.15) is 0 Å². The molecule has 0 heterocycles. The molecule has 8 nitrogen and oxygen atoms in total. The molecule has 8 heteroatoms. The zero-order valence-corrected chi connectivity index (χ0v) is 11.0. The Hall–Kier alpha value is -2.25. The Kier molecular flexibility index (Phi) is 7.02. The van der Waals surface area contributed by atoms with Crippen LogP contribution in [0.4, 0.5) is 4.79 Å². The summed E-state index contributed by atoms with van der Waals surface area (Å²) in [5.41, 5.74) is 11.0. The molecule has 7 N–H and O–H groups in total. The van der Waals surface area contributed by atoms with E-state index in [9.17, 15) is 14.4 Å². The van der Waals surface area contributed by atoms with E-state index in [0.717, 1.165) is 0 Å². The van der Waals surface area contributed by atoms with Gasteiger partial charge in [-0.25, -0.2) is 9.59 Å². The highest BCUT2D eigenvalue weighted by Crippen LogP contribution is 2.01. The predicted molar refractivity (Wildman–Crippen MR) is 68.9 cm³/mol. The summed E-state index contributed by atoms with van der Waals surface area (Å²) in [6, 6.07) is -1.73. The summed E-state index contributed by atoms with van der Waals surface area (Å²) in [6.45, 7) is 3.55. The molecule has 0 saturated heterocycles. The summed E-state index contributed by atoms with van der Waals surface area (Å²) in [7, 11) is 0. The van der Waals surface area contributed by atoms with Crippen molar-refractivity contribution < 1.29 is 19.5 Å². The highest BCUT2D eigenvalue weighted by Gasteiger charge is 2.20. The number of nitrogens with one attached hydrogen (secondary N) is 2. The zero-order chi connectivity index (χ0) is 15.0. The van der Waals surface area contributed by atoms with Gasteiger partial charge in [-0.05, 0) is 32.3 Å². The highest BCUT2D eigenvalue weighted by atomic mass is 16.4. The van der Waals surface area contributed by atoms with Crippen LogP contribution in [-0.4, -0.2) is 35.6 Å². The van der Waals surface area contributed by atoms with Gasteiger partial charge in [0.25, 0.3) is 5.91 Å². The average Bonchev–Trinajstić information content (AvgIpc) is 2.30. The number of carboxylic acids is 1. The van der Waals surface area contributed by atoms with Crippen molar-refractivity contribution in [1.29, 1.82) is 0 Å². The van der Waals surface area contributed by atoms with E-state index in [-0.39, 0.29) is 18.7 Å². The van der Waals surface area contributed by atoms with Gasteiger partial charge in [0, 0.05) is 6.54 Å². The minimum absolute atomic E-state index is 0.00140. The van der Waals surface area contributed by atoms with Crippen LogP contribution in [0.2, 0.25) is 0 Å².